The van der Waals surface area contributed by atoms with Gasteiger partial charge < -0.3 is 19.6 Å². The monoisotopic (exact) mass is 457 g/mol. The van der Waals surface area contributed by atoms with E-state index in [9.17, 15) is 14.7 Å². The standard InChI is InChI=1S/C24H35N5O4/c1-18-14-28(19(2)16-30)23(31)10-7-11-29-21(13-25-26-29)17-33-22(18)15-27(3)24(32)12-20-8-5-4-6-9-20/h4-6,8-9,13,18-19,22,30H,7,10-12,14-17H2,1-3H3/t18-,19-,22+/m0/s1. The van der Waals surface area contributed by atoms with Crippen LogP contribution in [0.3, 0.4) is 0 Å². The lowest BCUT2D eigenvalue weighted by atomic mass is 10.0. The molecule has 1 aliphatic rings. The number of fused-ring (bicyclic) bond motifs is 1. The predicted octanol–water partition coefficient (Wildman–Crippen LogP) is 1.50. The van der Waals surface area contributed by atoms with Gasteiger partial charge in [-0.2, -0.15) is 0 Å². The zero-order valence-corrected chi connectivity index (χ0v) is 19.8. The molecule has 2 amide bonds. The summed E-state index contributed by atoms with van der Waals surface area (Å²) in [5.74, 6) is -0.0527. The molecule has 0 fully saturated rings. The van der Waals surface area contributed by atoms with Crippen molar-refractivity contribution in [1.82, 2.24) is 24.8 Å². The van der Waals surface area contributed by atoms with Crippen LogP contribution in [-0.4, -0.2) is 80.6 Å². The molecule has 9 nitrogen and oxygen atoms in total. The van der Waals surface area contributed by atoms with Crippen molar-refractivity contribution in [1.29, 1.82) is 0 Å². The van der Waals surface area contributed by atoms with Gasteiger partial charge in [0.15, 0.2) is 0 Å². The van der Waals surface area contributed by atoms with Crippen LogP contribution < -0.4 is 0 Å². The molecule has 0 bridgehead atoms. The number of aliphatic hydroxyl groups is 1. The smallest absolute Gasteiger partial charge is 0.226 e. The van der Waals surface area contributed by atoms with Gasteiger partial charge >= 0.3 is 0 Å². The highest BCUT2D eigenvalue weighted by molar-refractivity contribution is 5.78. The van der Waals surface area contributed by atoms with E-state index in [4.69, 9.17) is 4.74 Å². The number of aryl methyl sites for hydroxylation is 1. The molecular formula is C24H35N5O4. The zero-order valence-electron chi connectivity index (χ0n) is 19.8. The molecule has 0 spiro atoms. The van der Waals surface area contributed by atoms with Gasteiger partial charge in [0, 0.05) is 39.0 Å². The predicted molar refractivity (Wildman–Crippen MR) is 123 cm³/mol. The van der Waals surface area contributed by atoms with Crippen LogP contribution in [0.4, 0.5) is 0 Å². The van der Waals surface area contributed by atoms with Crippen LogP contribution in [0.2, 0.25) is 0 Å². The zero-order chi connectivity index (χ0) is 23.8. The summed E-state index contributed by atoms with van der Waals surface area (Å²) in [5.41, 5.74) is 1.81. The maximum atomic E-state index is 12.9. The molecule has 3 atom stereocenters. The number of ether oxygens (including phenoxy) is 1. The lowest BCUT2D eigenvalue weighted by molar-refractivity contribution is -0.138. The molecule has 180 valence electrons. The molecule has 9 heteroatoms. The first-order valence-corrected chi connectivity index (χ1v) is 11.6. The van der Waals surface area contributed by atoms with Crippen LogP contribution >= 0.6 is 0 Å². The van der Waals surface area contributed by atoms with Crippen molar-refractivity contribution >= 4 is 11.8 Å². The van der Waals surface area contributed by atoms with Crippen molar-refractivity contribution in [3.05, 3.63) is 47.8 Å². The van der Waals surface area contributed by atoms with Gasteiger partial charge in [0.2, 0.25) is 11.8 Å². The van der Waals surface area contributed by atoms with Crippen molar-refractivity contribution < 1.29 is 19.4 Å². The fourth-order valence-corrected chi connectivity index (χ4v) is 4.02. The summed E-state index contributed by atoms with van der Waals surface area (Å²) in [6.07, 6.45) is 2.70. The summed E-state index contributed by atoms with van der Waals surface area (Å²) in [6.45, 7) is 5.50. The van der Waals surface area contributed by atoms with E-state index in [1.165, 1.54) is 0 Å². The van der Waals surface area contributed by atoms with Crippen molar-refractivity contribution in [3.8, 4) is 0 Å². The number of aliphatic hydroxyl groups excluding tert-OH is 1. The minimum absolute atomic E-state index is 0.00195. The normalized spacial score (nSPS) is 21.0. The number of carbonyl (C=O) groups excluding carboxylic acids is 2. The van der Waals surface area contributed by atoms with E-state index in [0.29, 0.717) is 45.5 Å². The van der Waals surface area contributed by atoms with E-state index in [1.807, 2.05) is 44.2 Å². The summed E-state index contributed by atoms with van der Waals surface area (Å²) in [4.78, 5) is 29.2. The number of aromatic nitrogens is 3. The summed E-state index contributed by atoms with van der Waals surface area (Å²) < 4.78 is 8.05. The molecule has 2 heterocycles. The number of hydrogen-bond donors (Lipinski definition) is 1. The molecule has 1 aliphatic heterocycles. The molecule has 1 aromatic carbocycles. The minimum atomic E-state index is -0.307. The SMILES string of the molecule is C[C@H]1CN([C@@H](C)CO)C(=O)CCCn2nncc2CO[C@@H]1CN(C)C(=O)Cc1ccccc1. The molecular weight excluding hydrogens is 422 g/mol. The van der Waals surface area contributed by atoms with Crippen LogP contribution in [0.5, 0.6) is 0 Å². The van der Waals surface area contributed by atoms with Crippen LogP contribution in [0.25, 0.3) is 0 Å². The first-order valence-electron chi connectivity index (χ1n) is 11.6. The largest absolute Gasteiger partial charge is 0.394 e. The molecule has 0 saturated carbocycles. The Morgan fingerprint density at radius 1 is 1.33 bits per heavy atom. The Morgan fingerprint density at radius 2 is 2.09 bits per heavy atom. The quantitative estimate of drug-likeness (QED) is 0.706. The molecule has 0 aliphatic carbocycles. The molecule has 0 radical (unpaired) electrons. The lowest BCUT2D eigenvalue weighted by Gasteiger charge is -2.35. The van der Waals surface area contributed by atoms with Gasteiger partial charge in [-0.3, -0.25) is 9.59 Å². The average Bonchev–Trinajstić information content (AvgIpc) is 3.26. The third kappa shape index (κ3) is 6.85. The molecule has 0 saturated heterocycles. The van der Waals surface area contributed by atoms with E-state index in [-0.39, 0.29) is 36.5 Å². The number of likely N-dealkylation sites (N-methyl/N-ethyl adjacent to an activating group) is 1. The summed E-state index contributed by atoms with van der Waals surface area (Å²) in [6, 6.07) is 9.36. The summed E-state index contributed by atoms with van der Waals surface area (Å²) in [7, 11) is 1.78. The minimum Gasteiger partial charge on any atom is -0.394 e. The van der Waals surface area contributed by atoms with Gasteiger partial charge in [-0.25, -0.2) is 4.68 Å². The van der Waals surface area contributed by atoms with Crippen molar-refractivity contribution in [3.63, 3.8) is 0 Å². The number of carbonyl (C=O) groups is 2. The third-order valence-corrected chi connectivity index (χ3v) is 6.22. The Morgan fingerprint density at radius 3 is 2.82 bits per heavy atom. The highest BCUT2D eigenvalue weighted by Crippen LogP contribution is 2.18. The molecule has 1 aromatic heterocycles. The Bertz CT molecular complexity index is 903. The topological polar surface area (TPSA) is 101 Å². The van der Waals surface area contributed by atoms with Crippen LogP contribution in [-0.2, 0) is 33.9 Å². The van der Waals surface area contributed by atoms with E-state index < -0.39 is 0 Å². The third-order valence-electron chi connectivity index (χ3n) is 6.22. The number of amides is 2. The van der Waals surface area contributed by atoms with Gasteiger partial charge in [-0.1, -0.05) is 42.5 Å². The highest BCUT2D eigenvalue weighted by atomic mass is 16.5. The van der Waals surface area contributed by atoms with Crippen molar-refractivity contribution in [2.24, 2.45) is 5.92 Å². The Kier molecular flexibility index (Phi) is 8.96. The van der Waals surface area contributed by atoms with Gasteiger partial charge in [-0.05, 0) is 18.9 Å². The van der Waals surface area contributed by atoms with Crippen LogP contribution in [0.1, 0.15) is 37.9 Å². The number of hydrogen-bond acceptors (Lipinski definition) is 6. The van der Waals surface area contributed by atoms with Gasteiger partial charge in [0.05, 0.1) is 43.7 Å². The van der Waals surface area contributed by atoms with Gasteiger partial charge in [0.1, 0.15) is 0 Å². The van der Waals surface area contributed by atoms with Gasteiger partial charge in [0.25, 0.3) is 0 Å². The first-order chi connectivity index (χ1) is 15.9. The Balaban J connectivity index is 1.76. The second-order valence-electron chi connectivity index (χ2n) is 8.89. The summed E-state index contributed by atoms with van der Waals surface area (Å²) >= 11 is 0. The molecule has 3 rings (SSSR count). The second kappa shape index (κ2) is 11.9. The number of nitrogens with zero attached hydrogens (tertiary/aromatic N) is 5. The van der Waals surface area contributed by atoms with Crippen molar-refractivity contribution in [2.45, 2.75) is 58.4 Å². The maximum Gasteiger partial charge on any atom is 0.226 e. The number of benzene rings is 1. The second-order valence-corrected chi connectivity index (χ2v) is 8.89. The fourth-order valence-electron chi connectivity index (χ4n) is 4.02. The molecule has 0 unspecified atom stereocenters. The fraction of sp³-hybridized carbons (Fsp3) is 0.583. The molecule has 33 heavy (non-hydrogen) atoms. The Labute approximate surface area is 195 Å². The molecule has 2 aromatic rings. The van der Waals surface area contributed by atoms with E-state index in [0.717, 1.165) is 11.3 Å². The Hall–Kier alpha value is -2.78. The summed E-state index contributed by atoms with van der Waals surface area (Å²) in [5, 5.41) is 17.8. The average molecular weight is 458 g/mol. The number of rotatable bonds is 6. The van der Waals surface area contributed by atoms with E-state index in [2.05, 4.69) is 10.3 Å². The first kappa shape index (κ1) is 24.9. The highest BCUT2D eigenvalue weighted by Gasteiger charge is 2.29. The lowest BCUT2D eigenvalue weighted by Crippen LogP contribution is -2.48. The van der Waals surface area contributed by atoms with Gasteiger partial charge in [-0.15, -0.1) is 5.10 Å². The molecule has 1 N–H and O–H groups in total. The van der Waals surface area contributed by atoms with Crippen LogP contribution in [0.15, 0.2) is 36.5 Å². The van der Waals surface area contributed by atoms with E-state index >= 15 is 0 Å². The van der Waals surface area contributed by atoms with Crippen molar-refractivity contribution in [2.75, 3.05) is 26.7 Å². The van der Waals surface area contributed by atoms with E-state index in [1.54, 1.807) is 27.7 Å². The van der Waals surface area contributed by atoms with Crippen LogP contribution in [0, 0.1) is 5.92 Å². The maximum absolute atomic E-state index is 12.9.